The third kappa shape index (κ3) is 3.92. The van der Waals surface area contributed by atoms with Crippen LogP contribution in [0.25, 0.3) is 11.0 Å². The molecule has 2 fully saturated rings. The highest BCUT2D eigenvalue weighted by Gasteiger charge is 2.43. The summed E-state index contributed by atoms with van der Waals surface area (Å²) in [6.45, 7) is 7.97. The molecule has 2 aliphatic rings. The number of carboxylic acid groups (broad SMARTS) is 1. The monoisotopic (exact) mass is 451 g/mol. The minimum absolute atomic E-state index is 0.0200. The second kappa shape index (κ2) is 7.99. The zero-order chi connectivity index (χ0) is 22.5. The van der Waals surface area contributed by atoms with Gasteiger partial charge in [-0.15, -0.1) is 11.8 Å². The maximum atomic E-state index is 11.6. The highest BCUT2D eigenvalue weighted by atomic mass is 32.2. The number of carbonyl (C=O) groups is 1. The van der Waals surface area contributed by atoms with Gasteiger partial charge in [0.15, 0.2) is 0 Å². The van der Waals surface area contributed by atoms with Crippen molar-refractivity contribution in [2.24, 2.45) is 0 Å². The third-order valence-corrected chi connectivity index (χ3v) is 7.61. The minimum Gasteiger partial charge on any atom is -0.465 e. The maximum Gasteiger partial charge on any atom is 0.407 e. The number of amides is 1. The zero-order valence-corrected chi connectivity index (χ0v) is 19.5. The van der Waals surface area contributed by atoms with Gasteiger partial charge in [0.2, 0.25) is 5.95 Å². The van der Waals surface area contributed by atoms with Crippen molar-refractivity contribution < 1.29 is 9.90 Å². The standard InChI is InChI=1S/C24H29N5O2S/c1-24(2,3)16-6-4-15(5-7-16)14-32-21-19-10-11-25-20(19)26-22(27-21)28-12-17-8-9-18(13-28)29(17)23(30)31/h4-7,10-11,17-18H,8-9,12-14H2,1-3H3,(H,30,31)(H,25,26,27)/t17-,18?/m0/s1. The maximum absolute atomic E-state index is 11.6. The van der Waals surface area contributed by atoms with Crippen LogP contribution >= 0.6 is 11.8 Å². The Hall–Kier alpha value is -2.74. The van der Waals surface area contributed by atoms with E-state index < -0.39 is 6.09 Å². The van der Waals surface area contributed by atoms with Crippen molar-refractivity contribution in [3.63, 3.8) is 0 Å². The van der Waals surface area contributed by atoms with Gasteiger partial charge in [-0.2, -0.15) is 4.98 Å². The molecule has 1 unspecified atom stereocenters. The van der Waals surface area contributed by atoms with Crippen LogP contribution < -0.4 is 4.90 Å². The minimum atomic E-state index is -0.813. The molecule has 0 spiro atoms. The summed E-state index contributed by atoms with van der Waals surface area (Å²) in [5.41, 5.74) is 3.57. The number of thioether (sulfide) groups is 1. The molecule has 1 aromatic carbocycles. The largest absolute Gasteiger partial charge is 0.465 e. The van der Waals surface area contributed by atoms with Crippen LogP contribution in [0.1, 0.15) is 44.7 Å². The summed E-state index contributed by atoms with van der Waals surface area (Å²) in [6, 6.07) is 10.9. The molecule has 0 aliphatic carbocycles. The van der Waals surface area contributed by atoms with Gasteiger partial charge in [-0.05, 0) is 35.4 Å². The van der Waals surface area contributed by atoms with Crippen molar-refractivity contribution in [3.8, 4) is 0 Å². The second-order valence-electron chi connectivity index (χ2n) is 9.78. The van der Waals surface area contributed by atoms with Gasteiger partial charge >= 0.3 is 6.09 Å². The van der Waals surface area contributed by atoms with Gasteiger partial charge in [-0.3, -0.25) is 4.90 Å². The Morgan fingerprint density at radius 2 is 1.81 bits per heavy atom. The van der Waals surface area contributed by atoms with E-state index in [1.54, 1.807) is 16.7 Å². The Morgan fingerprint density at radius 3 is 2.44 bits per heavy atom. The quantitative estimate of drug-likeness (QED) is 0.434. The Balaban J connectivity index is 1.37. The van der Waals surface area contributed by atoms with Gasteiger partial charge in [-0.25, -0.2) is 9.78 Å². The summed E-state index contributed by atoms with van der Waals surface area (Å²) in [6.07, 6.45) is 2.90. The Morgan fingerprint density at radius 1 is 1.12 bits per heavy atom. The number of rotatable bonds is 4. The van der Waals surface area contributed by atoms with Gasteiger partial charge in [0, 0.05) is 25.0 Å². The van der Waals surface area contributed by atoms with Crippen LogP contribution in [0, 0.1) is 0 Å². The summed E-state index contributed by atoms with van der Waals surface area (Å²) in [4.78, 5) is 28.3. The highest BCUT2D eigenvalue weighted by Crippen LogP contribution is 2.34. The van der Waals surface area contributed by atoms with Gasteiger partial charge in [0.25, 0.3) is 0 Å². The number of aromatic amines is 1. The third-order valence-electron chi connectivity index (χ3n) is 6.55. The predicted octanol–water partition coefficient (Wildman–Crippen LogP) is 4.88. The molecule has 2 aromatic heterocycles. The number of benzene rings is 1. The number of hydrogen-bond acceptors (Lipinski definition) is 5. The summed E-state index contributed by atoms with van der Waals surface area (Å²) in [5.74, 6) is 1.52. The number of nitrogens with zero attached hydrogens (tertiary/aromatic N) is 4. The lowest BCUT2D eigenvalue weighted by Crippen LogP contribution is -2.55. The van der Waals surface area contributed by atoms with E-state index in [4.69, 9.17) is 9.97 Å². The number of piperazine rings is 1. The summed E-state index contributed by atoms with van der Waals surface area (Å²) >= 11 is 1.72. The van der Waals surface area contributed by atoms with E-state index in [1.165, 1.54) is 11.1 Å². The van der Waals surface area contributed by atoms with Crippen LogP contribution in [0.3, 0.4) is 0 Å². The van der Waals surface area contributed by atoms with Crippen LogP contribution in [0.2, 0.25) is 0 Å². The Bertz CT molecular complexity index is 1120. The van der Waals surface area contributed by atoms with Crippen LogP contribution in [-0.4, -0.2) is 56.2 Å². The number of nitrogens with one attached hydrogen (secondary N) is 1. The van der Waals surface area contributed by atoms with E-state index in [9.17, 15) is 9.90 Å². The fraction of sp³-hybridized carbons (Fsp3) is 0.458. The lowest BCUT2D eigenvalue weighted by molar-refractivity contribution is 0.114. The summed E-state index contributed by atoms with van der Waals surface area (Å²) in [7, 11) is 0. The summed E-state index contributed by atoms with van der Waals surface area (Å²) < 4.78 is 0. The van der Waals surface area contributed by atoms with Crippen LogP contribution in [0.15, 0.2) is 41.6 Å². The van der Waals surface area contributed by atoms with E-state index in [1.807, 2.05) is 12.3 Å². The SMILES string of the molecule is CC(C)(C)c1ccc(CSc2nc(N3CC4CC[C@@H](C3)N4C(=O)O)nc3[nH]ccc23)cc1. The topological polar surface area (TPSA) is 85.3 Å². The van der Waals surface area contributed by atoms with Crippen molar-refractivity contribution in [3.05, 3.63) is 47.7 Å². The first-order chi connectivity index (χ1) is 15.3. The first kappa shape index (κ1) is 21.1. The molecule has 2 saturated heterocycles. The lowest BCUT2D eigenvalue weighted by atomic mass is 9.87. The first-order valence-electron chi connectivity index (χ1n) is 11.1. The molecule has 3 aromatic rings. The number of fused-ring (bicyclic) bond motifs is 3. The zero-order valence-electron chi connectivity index (χ0n) is 18.7. The van der Waals surface area contributed by atoms with Crippen LogP contribution in [-0.2, 0) is 11.2 Å². The molecular formula is C24H29N5O2S. The molecule has 4 heterocycles. The number of anilines is 1. The molecule has 8 heteroatoms. The van der Waals surface area contributed by atoms with Crippen LogP contribution in [0.5, 0.6) is 0 Å². The van der Waals surface area contributed by atoms with Gasteiger partial charge in [0.1, 0.15) is 10.7 Å². The van der Waals surface area contributed by atoms with Crippen molar-refractivity contribution in [2.45, 2.75) is 61.9 Å². The highest BCUT2D eigenvalue weighted by molar-refractivity contribution is 7.98. The molecule has 168 valence electrons. The number of H-pyrrole nitrogens is 1. The Labute approximate surface area is 192 Å². The van der Waals surface area contributed by atoms with Crippen molar-refractivity contribution in [2.75, 3.05) is 18.0 Å². The van der Waals surface area contributed by atoms with Crippen molar-refractivity contribution in [1.29, 1.82) is 0 Å². The molecular weight excluding hydrogens is 422 g/mol. The fourth-order valence-electron chi connectivity index (χ4n) is 4.78. The molecule has 0 saturated carbocycles. The predicted molar refractivity (Wildman–Crippen MR) is 127 cm³/mol. The van der Waals surface area contributed by atoms with E-state index in [-0.39, 0.29) is 17.5 Å². The van der Waals surface area contributed by atoms with Crippen molar-refractivity contribution in [1.82, 2.24) is 19.9 Å². The normalized spacial score (nSPS) is 20.8. The van der Waals surface area contributed by atoms with E-state index in [0.29, 0.717) is 19.0 Å². The second-order valence-corrected chi connectivity index (χ2v) is 10.7. The van der Waals surface area contributed by atoms with E-state index in [2.05, 4.69) is 54.9 Å². The van der Waals surface area contributed by atoms with Gasteiger partial charge < -0.3 is 15.0 Å². The van der Waals surface area contributed by atoms with Gasteiger partial charge in [-0.1, -0.05) is 45.0 Å². The molecule has 2 aliphatic heterocycles. The molecule has 0 radical (unpaired) electrons. The molecule has 2 N–H and O–H groups in total. The smallest absolute Gasteiger partial charge is 0.407 e. The first-order valence-corrected chi connectivity index (χ1v) is 12.1. The molecule has 32 heavy (non-hydrogen) atoms. The van der Waals surface area contributed by atoms with Crippen LogP contribution in [0.4, 0.5) is 10.7 Å². The number of aromatic nitrogens is 3. The average Bonchev–Trinajstić information content (AvgIpc) is 3.33. The fourth-order valence-corrected chi connectivity index (χ4v) is 5.75. The Kier molecular flexibility index (Phi) is 5.28. The molecule has 5 rings (SSSR count). The molecule has 1 amide bonds. The lowest BCUT2D eigenvalue weighted by Gasteiger charge is -2.39. The van der Waals surface area contributed by atoms with E-state index in [0.717, 1.165) is 34.7 Å². The molecule has 2 atom stereocenters. The summed E-state index contributed by atoms with van der Waals surface area (Å²) in [5, 5.41) is 11.5. The van der Waals surface area contributed by atoms with Gasteiger partial charge in [0.05, 0.1) is 17.5 Å². The molecule has 7 nitrogen and oxygen atoms in total. The number of hydrogen-bond donors (Lipinski definition) is 2. The average molecular weight is 452 g/mol. The van der Waals surface area contributed by atoms with Crippen molar-refractivity contribution >= 4 is 34.8 Å². The van der Waals surface area contributed by atoms with E-state index >= 15 is 0 Å². The molecule has 2 bridgehead atoms.